The summed E-state index contributed by atoms with van der Waals surface area (Å²) in [5.41, 5.74) is 2.43. The van der Waals surface area contributed by atoms with Crippen molar-refractivity contribution >= 4 is 18.1 Å². The van der Waals surface area contributed by atoms with Gasteiger partial charge in [0, 0.05) is 37.9 Å². The third-order valence-corrected chi connectivity index (χ3v) is 8.10. The summed E-state index contributed by atoms with van der Waals surface area (Å²) in [6, 6.07) is 10.3. The van der Waals surface area contributed by atoms with Crippen LogP contribution in [0.1, 0.15) is 25.5 Å². The number of fused-ring (bicyclic) bond motifs is 2. The molecule has 1 aromatic heterocycles. The maximum Gasteiger partial charge on any atom is 0.409 e. The van der Waals surface area contributed by atoms with Crippen LogP contribution >= 0.6 is 0 Å². The number of piperidine rings is 1. The minimum Gasteiger partial charge on any atom is -0.462 e. The van der Waals surface area contributed by atoms with Gasteiger partial charge in [-0.15, -0.1) is 0 Å². The Balaban J connectivity index is 1.33. The van der Waals surface area contributed by atoms with E-state index in [0.717, 1.165) is 29.7 Å². The molecule has 1 aliphatic carbocycles. The highest BCUT2D eigenvalue weighted by molar-refractivity contribution is 5.76. The predicted molar refractivity (Wildman–Crippen MR) is 136 cm³/mol. The first kappa shape index (κ1) is 25.4. The summed E-state index contributed by atoms with van der Waals surface area (Å²) < 4.78 is 29.6. The number of hydrogen-bond donors (Lipinski definition) is 0. The number of esters is 1. The lowest BCUT2D eigenvalue weighted by Gasteiger charge is -2.48. The van der Waals surface area contributed by atoms with Crippen molar-refractivity contribution in [3.63, 3.8) is 0 Å². The van der Waals surface area contributed by atoms with E-state index in [2.05, 4.69) is 11.1 Å². The number of halogens is 1. The van der Waals surface area contributed by atoms with Crippen molar-refractivity contribution in [3.05, 3.63) is 60.2 Å². The molecule has 3 fully saturated rings. The quantitative estimate of drug-likeness (QED) is 0.411. The van der Waals surface area contributed by atoms with Crippen LogP contribution in [0.4, 0.5) is 9.18 Å². The number of amides is 1. The van der Waals surface area contributed by atoms with E-state index in [1.54, 1.807) is 24.3 Å². The van der Waals surface area contributed by atoms with Crippen molar-refractivity contribution in [2.24, 2.45) is 29.6 Å². The fourth-order valence-corrected chi connectivity index (χ4v) is 6.38. The zero-order valence-electron chi connectivity index (χ0n) is 21.2. The summed E-state index contributed by atoms with van der Waals surface area (Å²) in [5, 5.41) is 0. The van der Waals surface area contributed by atoms with E-state index < -0.39 is 0 Å². The average molecular weight is 509 g/mol. The Bertz CT molecular complexity index is 1150. The summed E-state index contributed by atoms with van der Waals surface area (Å²) >= 11 is 0. The van der Waals surface area contributed by atoms with Crippen molar-refractivity contribution in [1.82, 2.24) is 9.88 Å². The fourth-order valence-electron chi connectivity index (χ4n) is 6.38. The van der Waals surface area contributed by atoms with E-state index in [-0.39, 0.29) is 54.3 Å². The summed E-state index contributed by atoms with van der Waals surface area (Å²) in [6.07, 6.45) is 7.05. The lowest BCUT2D eigenvalue weighted by molar-refractivity contribution is -0.144. The number of carbonyl (C=O) groups is 2. The first-order chi connectivity index (χ1) is 17.9. The van der Waals surface area contributed by atoms with Gasteiger partial charge in [0.2, 0.25) is 0 Å². The molecule has 0 N–H and O–H groups in total. The van der Waals surface area contributed by atoms with Gasteiger partial charge in [-0.05, 0) is 67.4 Å². The van der Waals surface area contributed by atoms with Gasteiger partial charge in [-0.3, -0.25) is 9.78 Å². The van der Waals surface area contributed by atoms with Gasteiger partial charge in [-0.2, -0.15) is 0 Å². The molecule has 5 rings (SSSR count). The minimum atomic E-state index is -0.324. The van der Waals surface area contributed by atoms with E-state index in [4.69, 9.17) is 14.2 Å². The molecule has 0 radical (unpaired) electrons. The Morgan fingerprint density at radius 1 is 1.24 bits per heavy atom. The van der Waals surface area contributed by atoms with Crippen molar-refractivity contribution in [3.8, 4) is 11.1 Å². The highest BCUT2D eigenvalue weighted by Crippen LogP contribution is 2.51. The van der Waals surface area contributed by atoms with Gasteiger partial charge < -0.3 is 19.1 Å². The van der Waals surface area contributed by atoms with Crippen LogP contribution in [0.25, 0.3) is 17.2 Å². The van der Waals surface area contributed by atoms with Crippen molar-refractivity contribution in [1.29, 1.82) is 0 Å². The smallest absolute Gasteiger partial charge is 0.409 e. The van der Waals surface area contributed by atoms with E-state index in [0.29, 0.717) is 25.6 Å². The van der Waals surface area contributed by atoms with Gasteiger partial charge in [0.25, 0.3) is 0 Å². The van der Waals surface area contributed by atoms with Gasteiger partial charge in [0.15, 0.2) is 0 Å². The van der Waals surface area contributed by atoms with E-state index in [1.165, 1.54) is 12.1 Å². The molecule has 3 heterocycles. The van der Waals surface area contributed by atoms with Crippen molar-refractivity contribution in [2.75, 3.05) is 33.4 Å². The van der Waals surface area contributed by atoms with Gasteiger partial charge >= 0.3 is 12.1 Å². The summed E-state index contributed by atoms with van der Waals surface area (Å²) in [6.45, 7) is 3.77. The number of nitrogens with zero attached hydrogens (tertiary/aromatic N) is 2. The number of pyridine rings is 1. The van der Waals surface area contributed by atoms with Crippen LogP contribution in [-0.2, 0) is 19.0 Å². The number of methoxy groups -OCH3 is 1. The number of rotatable bonds is 6. The molecule has 2 aliphatic heterocycles. The Kier molecular flexibility index (Phi) is 7.55. The van der Waals surface area contributed by atoms with E-state index in [9.17, 15) is 14.0 Å². The first-order valence-corrected chi connectivity index (χ1v) is 13.0. The second-order valence-electron chi connectivity index (χ2n) is 10.2. The van der Waals surface area contributed by atoms with E-state index in [1.807, 2.05) is 31.2 Å². The molecule has 37 heavy (non-hydrogen) atoms. The number of aromatic nitrogens is 1. The van der Waals surface area contributed by atoms with Gasteiger partial charge in [0.05, 0.1) is 18.2 Å². The molecular weight excluding hydrogens is 475 g/mol. The second-order valence-corrected chi connectivity index (χ2v) is 10.2. The van der Waals surface area contributed by atoms with Crippen LogP contribution in [0.2, 0.25) is 0 Å². The fraction of sp³-hybridized carbons (Fsp3) is 0.483. The van der Waals surface area contributed by atoms with Gasteiger partial charge in [-0.1, -0.05) is 24.3 Å². The van der Waals surface area contributed by atoms with Crippen LogP contribution in [0.5, 0.6) is 0 Å². The molecule has 7 nitrogen and oxygen atoms in total. The molecule has 1 aromatic carbocycles. The molecule has 6 atom stereocenters. The Labute approximate surface area is 216 Å². The SMILES string of the molecule is COCCOC(=O)N1CCC2C(CC3C(=O)OC(C)C3C2/C=C/c2ccc(-c3cccc(F)c3)cn2)C1. The number of carbonyl (C=O) groups excluding carboxylic acids is 2. The highest BCUT2D eigenvalue weighted by Gasteiger charge is 2.54. The van der Waals surface area contributed by atoms with Crippen molar-refractivity contribution < 1.29 is 28.2 Å². The molecule has 2 aromatic rings. The predicted octanol–water partition coefficient (Wildman–Crippen LogP) is 4.82. The number of ether oxygens (including phenoxy) is 3. The number of likely N-dealkylation sites (tertiary alicyclic amines) is 1. The molecule has 196 valence electrons. The third kappa shape index (κ3) is 5.39. The van der Waals surface area contributed by atoms with Crippen molar-refractivity contribution in [2.45, 2.75) is 25.9 Å². The van der Waals surface area contributed by atoms with Crippen LogP contribution in [-0.4, -0.2) is 61.5 Å². The maximum atomic E-state index is 13.6. The molecule has 0 spiro atoms. The van der Waals surface area contributed by atoms with Crippen LogP contribution in [0.15, 0.2) is 48.7 Å². The van der Waals surface area contributed by atoms with Crippen LogP contribution < -0.4 is 0 Å². The number of hydrogen-bond acceptors (Lipinski definition) is 6. The Morgan fingerprint density at radius 3 is 2.86 bits per heavy atom. The van der Waals surface area contributed by atoms with E-state index >= 15 is 0 Å². The summed E-state index contributed by atoms with van der Waals surface area (Å²) in [4.78, 5) is 31.6. The molecule has 3 aliphatic rings. The molecule has 6 unspecified atom stereocenters. The van der Waals surface area contributed by atoms with Crippen LogP contribution in [0, 0.1) is 35.4 Å². The molecule has 2 saturated heterocycles. The first-order valence-electron chi connectivity index (χ1n) is 13.0. The van der Waals surface area contributed by atoms with Crippen LogP contribution in [0.3, 0.4) is 0 Å². The summed E-state index contributed by atoms with van der Waals surface area (Å²) in [5.74, 6) is 0.202. The molecule has 1 saturated carbocycles. The topological polar surface area (TPSA) is 78.0 Å². The summed E-state index contributed by atoms with van der Waals surface area (Å²) in [7, 11) is 1.57. The Morgan fingerprint density at radius 2 is 2.11 bits per heavy atom. The normalized spacial score (nSPS) is 29.1. The Hall–Kier alpha value is -3.26. The number of benzene rings is 1. The average Bonchev–Trinajstić information content (AvgIpc) is 3.19. The lowest BCUT2D eigenvalue weighted by Crippen LogP contribution is -2.51. The largest absolute Gasteiger partial charge is 0.462 e. The second kappa shape index (κ2) is 11.0. The molecule has 1 amide bonds. The number of cyclic esters (lactones) is 1. The zero-order chi connectivity index (χ0) is 25.9. The molecule has 0 bridgehead atoms. The molecule has 8 heteroatoms. The minimum absolute atomic E-state index is 0.108. The van der Waals surface area contributed by atoms with Gasteiger partial charge in [-0.25, -0.2) is 9.18 Å². The maximum absolute atomic E-state index is 13.6. The lowest BCUT2D eigenvalue weighted by atomic mass is 9.59. The third-order valence-electron chi connectivity index (χ3n) is 8.10. The highest BCUT2D eigenvalue weighted by atomic mass is 19.1. The standard InChI is InChI=1S/C29H33FN2O5/c1-18-27-25(9-8-23-7-6-20(16-31-23)19-4-3-5-22(30)14-19)24-10-11-32(29(34)36-13-12-35-2)17-21(24)15-26(27)28(33)37-18/h3-9,14,16,18,21,24-27H,10-13,15,17H2,1-2H3/b9-8+. The molecular formula is C29H33FN2O5. The number of allylic oxidation sites excluding steroid dienone is 1. The van der Waals surface area contributed by atoms with Gasteiger partial charge in [0.1, 0.15) is 18.5 Å². The zero-order valence-corrected chi connectivity index (χ0v) is 21.2. The monoisotopic (exact) mass is 508 g/mol.